The van der Waals surface area contributed by atoms with Crippen LogP contribution in [0.4, 0.5) is 5.69 Å². The first-order valence-electron chi connectivity index (χ1n) is 12.5. The summed E-state index contributed by atoms with van der Waals surface area (Å²) < 4.78 is 32.7. The first-order chi connectivity index (χ1) is 18.8. The van der Waals surface area contributed by atoms with E-state index in [0.29, 0.717) is 11.3 Å². The third-order valence-electron chi connectivity index (χ3n) is 6.52. The van der Waals surface area contributed by atoms with Crippen molar-refractivity contribution in [1.29, 1.82) is 0 Å². The summed E-state index contributed by atoms with van der Waals surface area (Å²) in [7, 11) is -4.05. The molecule has 0 spiro atoms. The number of nitrogens with zero attached hydrogens (tertiary/aromatic N) is 1. The van der Waals surface area contributed by atoms with Crippen molar-refractivity contribution >= 4 is 32.6 Å². The molecule has 0 aliphatic carbocycles. The molecule has 1 amide bonds. The highest BCUT2D eigenvalue weighted by atomic mass is 32.2. The number of fused-ring (bicyclic) bond motifs is 1. The molecule has 7 nitrogen and oxygen atoms in total. The Kier molecular flexibility index (Phi) is 7.60. The average molecular weight is 541 g/mol. The number of amides is 1. The van der Waals surface area contributed by atoms with E-state index in [-0.39, 0.29) is 10.8 Å². The molecule has 2 N–H and O–H groups in total. The minimum atomic E-state index is -4.05. The Morgan fingerprint density at radius 3 is 2.26 bits per heavy atom. The average Bonchev–Trinajstić information content (AvgIpc) is 3.36. The quantitative estimate of drug-likeness (QED) is 0.239. The van der Waals surface area contributed by atoms with E-state index < -0.39 is 28.9 Å². The number of carbonyl (C=O) groups is 1. The van der Waals surface area contributed by atoms with Gasteiger partial charge in [-0.25, -0.2) is 0 Å². The monoisotopic (exact) mass is 540 g/mol. The third kappa shape index (κ3) is 5.93. The van der Waals surface area contributed by atoms with E-state index >= 15 is 0 Å². The Morgan fingerprint density at radius 2 is 1.56 bits per heavy atom. The smallest absolute Gasteiger partial charge is 0.297 e. The molecule has 0 aliphatic heterocycles. The second kappa shape index (κ2) is 11.2. The van der Waals surface area contributed by atoms with Gasteiger partial charge in [0.2, 0.25) is 0 Å². The molecular formula is C31H28N2O5S. The molecule has 1 aromatic heterocycles. The van der Waals surface area contributed by atoms with Gasteiger partial charge in [0.05, 0.1) is 17.5 Å². The van der Waals surface area contributed by atoms with Crippen LogP contribution in [-0.4, -0.2) is 36.7 Å². The second-order valence-electron chi connectivity index (χ2n) is 9.29. The Labute approximate surface area is 227 Å². The highest BCUT2D eigenvalue weighted by Gasteiger charge is 2.27. The molecule has 2 atom stereocenters. The van der Waals surface area contributed by atoms with E-state index in [1.165, 1.54) is 12.1 Å². The molecule has 39 heavy (non-hydrogen) atoms. The molecule has 198 valence electrons. The van der Waals surface area contributed by atoms with E-state index in [4.69, 9.17) is 4.18 Å². The summed E-state index contributed by atoms with van der Waals surface area (Å²) in [4.78, 5) is 12.6. The number of hydrogen-bond donors (Lipinski definition) is 2. The van der Waals surface area contributed by atoms with Crippen LogP contribution in [0.15, 0.2) is 120 Å². The van der Waals surface area contributed by atoms with Crippen molar-refractivity contribution in [3.8, 4) is 0 Å². The van der Waals surface area contributed by atoms with Crippen molar-refractivity contribution < 1.29 is 22.5 Å². The fraction of sp³-hybridized carbons (Fsp3) is 0.129. The molecular weight excluding hydrogens is 512 g/mol. The lowest BCUT2D eigenvalue weighted by Crippen LogP contribution is -2.30. The Bertz CT molecular complexity index is 1680. The summed E-state index contributed by atoms with van der Waals surface area (Å²) >= 11 is 0. The molecule has 4 aromatic carbocycles. The fourth-order valence-electron chi connectivity index (χ4n) is 4.52. The predicted octanol–water partition coefficient (Wildman–Crippen LogP) is 5.56. The summed E-state index contributed by atoms with van der Waals surface area (Å²) in [5.41, 5.74) is 3.73. The SMILES string of the molecule is Cc1ccc(S(=O)(=O)OC[C@H](O)[C@H](c2ccccc2)n2ccc3cc(NC(=O)c4ccccc4)ccc32)cc1. The van der Waals surface area contributed by atoms with E-state index in [1.807, 2.05) is 84.4 Å². The minimum absolute atomic E-state index is 0.0352. The first kappa shape index (κ1) is 26.4. The van der Waals surface area contributed by atoms with Crippen molar-refractivity contribution in [2.45, 2.75) is 24.0 Å². The van der Waals surface area contributed by atoms with Crippen molar-refractivity contribution in [1.82, 2.24) is 4.57 Å². The van der Waals surface area contributed by atoms with Gasteiger partial charge >= 0.3 is 0 Å². The van der Waals surface area contributed by atoms with Crippen LogP contribution in [0.2, 0.25) is 0 Å². The maximum atomic E-state index is 12.8. The number of aryl methyl sites for hydroxylation is 1. The molecule has 0 saturated carbocycles. The van der Waals surface area contributed by atoms with Crippen LogP contribution in [0, 0.1) is 6.92 Å². The highest BCUT2D eigenvalue weighted by Crippen LogP contribution is 2.30. The van der Waals surface area contributed by atoms with E-state index in [2.05, 4.69) is 5.32 Å². The largest absolute Gasteiger partial charge is 0.388 e. The number of benzene rings is 4. The standard InChI is InChI=1S/C31H28N2O5S/c1-22-12-15-27(16-13-22)39(36,37)38-21-29(34)30(23-8-4-2-5-9-23)33-19-18-25-20-26(14-17-28(25)33)32-31(35)24-10-6-3-7-11-24/h2-20,29-30,34H,21H2,1H3,(H,32,35)/t29-,30-/m0/s1. The number of anilines is 1. The lowest BCUT2D eigenvalue weighted by molar-refractivity contribution is 0.0785. The van der Waals surface area contributed by atoms with Crippen molar-refractivity contribution in [3.63, 3.8) is 0 Å². The van der Waals surface area contributed by atoms with Gasteiger partial charge in [-0.3, -0.25) is 8.98 Å². The summed E-state index contributed by atoms with van der Waals surface area (Å²) in [6.45, 7) is 1.44. The van der Waals surface area contributed by atoms with Crippen LogP contribution in [0.3, 0.4) is 0 Å². The number of carbonyl (C=O) groups excluding carboxylic acids is 1. The number of rotatable bonds is 9. The summed E-state index contributed by atoms with van der Waals surface area (Å²) in [5.74, 6) is -0.209. The van der Waals surface area contributed by atoms with Gasteiger partial charge in [-0.2, -0.15) is 8.42 Å². The first-order valence-corrected chi connectivity index (χ1v) is 13.9. The number of aliphatic hydroxyl groups excluding tert-OH is 1. The lowest BCUT2D eigenvalue weighted by Gasteiger charge is -2.26. The predicted molar refractivity (Wildman–Crippen MR) is 151 cm³/mol. The van der Waals surface area contributed by atoms with Crippen LogP contribution < -0.4 is 5.32 Å². The topological polar surface area (TPSA) is 97.6 Å². The lowest BCUT2D eigenvalue weighted by atomic mass is 10.0. The molecule has 0 unspecified atom stereocenters. The maximum Gasteiger partial charge on any atom is 0.297 e. The number of nitrogens with one attached hydrogen (secondary N) is 1. The van der Waals surface area contributed by atoms with E-state index in [0.717, 1.165) is 22.0 Å². The summed E-state index contributed by atoms with van der Waals surface area (Å²) in [5, 5.41) is 15.0. The van der Waals surface area contributed by atoms with Gasteiger partial charge < -0.3 is 15.0 Å². The Morgan fingerprint density at radius 1 is 0.897 bits per heavy atom. The fourth-order valence-corrected chi connectivity index (χ4v) is 5.44. The minimum Gasteiger partial charge on any atom is -0.388 e. The van der Waals surface area contributed by atoms with Crippen LogP contribution in [0.5, 0.6) is 0 Å². The summed E-state index contributed by atoms with van der Waals surface area (Å²) in [6.07, 6.45) is 0.656. The van der Waals surface area contributed by atoms with Crippen molar-refractivity contribution in [2.24, 2.45) is 0 Å². The zero-order valence-electron chi connectivity index (χ0n) is 21.3. The molecule has 0 radical (unpaired) electrons. The van der Waals surface area contributed by atoms with Crippen molar-refractivity contribution in [3.05, 3.63) is 132 Å². The van der Waals surface area contributed by atoms with Gasteiger partial charge in [-0.15, -0.1) is 0 Å². The third-order valence-corrected chi connectivity index (χ3v) is 7.82. The van der Waals surface area contributed by atoms with Gasteiger partial charge in [0.15, 0.2) is 0 Å². The van der Waals surface area contributed by atoms with Crippen LogP contribution >= 0.6 is 0 Å². The number of hydrogen-bond acceptors (Lipinski definition) is 5. The molecule has 0 bridgehead atoms. The van der Waals surface area contributed by atoms with Crippen LogP contribution in [0.1, 0.15) is 27.5 Å². The molecule has 5 rings (SSSR count). The van der Waals surface area contributed by atoms with Gasteiger partial charge in [-0.1, -0.05) is 66.2 Å². The van der Waals surface area contributed by atoms with Crippen LogP contribution in [0.25, 0.3) is 10.9 Å². The molecule has 1 heterocycles. The molecule has 0 aliphatic rings. The number of aromatic nitrogens is 1. The van der Waals surface area contributed by atoms with Gasteiger partial charge in [0.1, 0.15) is 6.10 Å². The highest BCUT2D eigenvalue weighted by molar-refractivity contribution is 7.86. The maximum absolute atomic E-state index is 12.8. The van der Waals surface area contributed by atoms with Crippen LogP contribution in [-0.2, 0) is 14.3 Å². The Balaban J connectivity index is 1.41. The molecule has 0 fully saturated rings. The van der Waals surface area contributed by atoms with Gasteiger partial charge in [-0.05, 0) is 61.0 Å². The molecule has 8 heteroatoms. The van der Waals surface area contributed by atoms with Gasteiger partial charge in [0.25, 0.3) is 16.0 Å². The number of aliphatic hydroxyl groups is 1. The zero-order valence-corrected chi connectivity index (χ0v) is 22.1. The molecule has 5 aromatic rings. The van der Waals surface area contributed by atoms with E-state index in [9.17, 15) is 18.3 Å². The molecule has 0 saturated heterocycles. The zero-order chi connectivity index (χ0) is 27.4. The van der Waals surface area contributed by atoms with Crippen molar-refractivity contribution in [2.75, 3.05) is 11.9 Å². The summed E-state index contributed by atoms with van der Waals surface area (Å²) in [6, 6.07) is 31.5. The normalized spacial score (nSPS) is 13.2. The second-order valence-corrected chi connectivity index (χ2v) is 10.9. The van der Waals surface area contributed by atoms with E-state index in [1.54, 1.807) is 30.3 Å². The van der Waals surface area contributed by atoms with Gasteiger partial charge in [0, 0.05) is 28.4 Å². The Hall–Kier alpha value is -4.24.